The number of carboxylic acids is 1. The van der Waals surface area contributed by atoms with Gasteiger partial charge in [0.25, 0.3) is 0 Å². The highest BCUT2D eigenvalue weighted by atomic mass is 16.4. The van der Waals surface area contributed by atoms with Gasteiger partial charge < -0.3 is 15.3 Å². The lowest BCUT2D eigenvalue weighted by atomic mass is 9.45. The highest BCUT2D eigenvalue weighted by Crippen LogP contribution is 2.68. The van der Waals surface area contributed by atoms with Crippen LogP contribution in [0.15, 0.2) is 23.3 Å². The maximum absolute atomic E-state index is 12.5. The van der Waals surface area contributed by atoms with E-state index in [0.717, 1.165) is 50.5 Å². The molecule has 192 valence electrons. The van der Waals surface area contributed by atoms with Crippen LogP contribution in [-0.4, -0.2) is 33.5 Å². The molecule has 2 fully saturated rings. The number of fused-ring (bicyclic) bond motifs is 4. The number of carboxylic acid groups (broad SMARTS) is 1. The summed E-state index contributed by atoms with van der Waals surface area (Å²) in [6, 6.07) is 0. The first kappa shape index (κ1) is 25.9. The molecule has 4 nitrogen and oxygen atoms in total. The fraction of sp³-hybridized carbons (Fsp3) is 0.833. The monoisotopic (exact) mass is 472 g/mol. The second-order valence-corrected chi connectivity index (χ2v) is 13.6. The number of rotatable bonds is 6. The third kappa shape index (κ3) is 3.82. The van der Waals surface area contributed by atoms with E-state index < -0.39 is 18.0 Å². The largest absolute Gasteiger partial charge is 0.481 e. The summed E-state index contributed by atoms with van der Waals surface area (Å²) in [6.07, 6.45) is 7.10. The molecule has 0 saturated heterocycles. The summed E-state index contributed by atoms with van der Waals surface area (Å²) in [7, 11) is 0. The molecule has 4 aliphatic rings. The van der Waals surface area contributed by atoms with E-state index in [1.165, 1.54) is 5.57 Å². The lowest BCUT2D eigenvalue weighted by Gasteiger charge is -2.60. The molecule has 0 bridgehead atoms. The van der Waals surface area contributed by atoms with Crippen molar-refractivity contribution < 1.29 is 20.1 Å². The van der Waals surface area contributed by atoms with Crippen molar-refractivity contribution in [2.24, 2.45) is 45.8 Å². The van der Waals surface area contributed by atoms with Gasteiger partial charge in [-0.3, -0.25) is 4.79 Å². The fourth-order valence-electron chi connectivity index (χ4n) is 9.15. The molecule has 4 aliphatic carbocycles. The molecule has 8 atom stereocenters. The Bertz CT molecular complexity index is 869. The fourth-order valence-corrected chi connectivity index (χ4v) is 9.15. The maximum atomic E-state index is 12.5. The zero-order chi connectivity index (χ0) is 25.2. The lowest BCUT2D eigenvalue weighted by Crippen LogP contribution is -2.54. The number of aliphatic hydroxyl groups is 2. The molecule has 0 aromatic heterocycles. The van der Waals surface area contributed by atoms with Gasteiger partial charge in [-0.05, 0) is 91.8 Å². The Kier molecular flexibility index (Phi) is 6.69. The van der Waals surface area contributed by atoms with E-state index in [2.05, 4.69) is 48.1 Å². The molecule has 34 heavy (non-hydrogen) atoms. The first-order valence-electron chi connectivity index (χ1n) is 13.7. The summed E-state index contributed by atoms with van der Waals surface area (Å²) < 4.78 is 0. The second-order valence-electron chi connectivity index (χ2n) is 13.6. The van der Waals surface area contributed by atoms with Crippen molar-refractivity contribution in [3.63, 3.8) is 0 Å². The van der Waals surface area contributed by atoms with Crippen LogP contribution in [-0.2, 0) is 4.79 Å². The van der Waals surface area contributed by atoms with Crippen LogP contribution in [0.4, 0.5) is 0 Å². The van der Waals surface area contributed by atoms with E-state index in [-0.39, 0.29) is 34.2 Å². The molecule has 0 heterocycles. The SMILES string of the molecule is C=C(CC[C@@H](C(=O)O)[C@H]1C[C@H](O)C2C3=C(CC[C@@]21C)[C@@]1(C)CC[C@@H](O)C(C)(C)[C@@H]1CC3)C(C)C. The number of hydrogen-bond acceptors (Lipinski definition) is 3. The van der Waals surface area contributed by atoms with Gasteiger partial charge in [0.1, 0.15) is 0 Å². The van der Waals surface area contributed by atoms with E-state index in [1.807, 2.05) is 0 Å². The third-order valence-corrected chi connectivity index (χ3v) is 11.4. The van der Waals surface area contributed by atoms with Crippen LogP contribution in [0.1, 0.15) is 99.3 Å². The van der Waals surface area contributed by atoms with Gasteiger partial charge in [-0.2, -0.15) is 0 Å². The topological polar surface area (TPSA) is 77.8 Å². The zero-order valence-electron chi connectivity index (χ0n) is 22.4. The van der Waals surface area contributed by atoms with Crippen LogP contribution in [0.3, 0.4) is 0 Å². The Morgan fingerprint density at radius 3 is 2.38 bits per heavy atom. The van der Waals surface area contributed by atoms with Crippen molar-refractivity contribution in [3.8, 4) is 0 Å². The van der Waals surface area contributed by atoms with Gasteiger partial charge >= 0.3 is 5.97 Å². The summed E-state index contributed by atoms with van der Waals surface area (Å²) >= 11 is 0. The Morgan fingerprint density at radius 1 is 1.09 bits per heavy atom. The summed E-state index contributed by atoms with van der Waals surface area (Å²) in [4.78, 5) is 12.5. The number of carbonyl (C=O) groups is 1. The summed E-state index contributed by atoms with van der Waals surface area (Å²) in [6.45, 7) is 17.6. The van der Waals surface area contributed by atoms with Gasteiger partial charge in [0.05, 0.1) is 18.1 Å². The Balaban J connectivity index is 1.66. The smallest absolute Gasteiger partial charge is 0.306 e. The molecule has 0 radical (unpaired) electrons. The molecule has 0 aromatic rings. The first-order chi connectivity index (χ1) is 15.7. The van der Waals surface area contributed by atoms with Crippen molar-refractivity contribution >= 4 is 5.97 Å². The molecule has 4 heteroatoms. The predicted molar refractivity (Wildman–Crippen MR) is 136 cm³/mol. The van der Waals surface area contributed by atoms with E-state index in [1.54, 1.807) is 5.57 Å². The molecule has 0 aromatic carbocycles. The lowest BCUT2D eigenvalue weighted by molar-refractivity contribution is -0.146. The number of hydrogen-bond donors (Lipinski definition) is 3. The van der Waals surface area contributed by atoms with E-state index in [0.29, 0.717) is 24.7 Å². The number of allylic oxidation sites excluding steroid dienone is 2. The number of aliphatic hydroxyl groups excluding tert-OH is 2. The maximum Gasteiger partial charge on any atom is 0.306 e. The first-order valence-corrected chi connectivity index (χ1v) is 13.7. The van der Waals surface area contributed by atoms with Crippen molar-refractivity contribution in [3.05, 3.63) is 23.3 Å². The van der Waals surface area contributed by atoms with Gasteiger partial charge in [0, 0.05) is 5.92 Å². The van der Waals surface area contributed by atoms with E-state index in [4.69, 9.17) is 0 Å². The van der Waals surface area contributed by atoms with Gasteiger partial charge in [0.15, 0.2) is 0 Å². The molecule has 2 saturated carbocycles. The van der Waals surface area contributed by atoms with Crippen LogP contribution >= 0.6 is 0 Å². The summed E-state index contributed by atoms with van der Waals surface area (Å²) in [5.74, 6) is -0.260. The average Bonchev–Trinajstić information content (AvgIpc) is 3.01. The van der Waals surface area contributed by atoms with E-state index in [9.17, 15) is 20.1 Å². The van der Waals surface area contributed by atoms with Crippen molar-refractivity contribution in [1.29, 1.82) is 0 Å². The molecule has 0 amide bonds. The zero-order valence-corrected chi connectivity index (χ0v) is 22.4. The Morgan fingerprint density at radius 2 is 1.76 bits per heavy atom. The normalized spacial score (nSPS) is 42.1. The molecule has 0 aliphatic heterocycles. The van der Waals surface area contributed by atoms with Crippen LogP contribution in [0.25, 0.3) is 0 Å². The van der Waals surface area contributed by atoms with Gasteiger partial charge in [-0.25, -0.2) is 0 Å². The summed E-state index contributed by atoms with van der Waals surface area (Å²) in [5, 5.41) is 32.4. The Hall–Kier alpha value is -1.13. The highest BCUT2D eigenvalue weighted by Gasteiger charge is 2.62. The van der Waals surface area contributed by atoms with E-state index >= 15 is 0 Å². The second kappa shape index (κ2) is 8.76. The minimum Gasteiger partial charge on any atom is -0.481 e. The van der Waals surface area contributed by atoms with Crippen LogP contribution in [0, 0.1) is 45.8 Å². The van der Waals surface area contributed by atoms with Crippen LogP contribution in [0.2, 0.25) is 0 Å². The predicted octanol–water partition coefficient (Wildman–Crippen LogP) is 6.37. The van der Waals surface area contributed by atoms with Crippen LogP contribution in [0.5, 0.6) is 0 Å². The average molecular weight is 473 g/mol. The van der Waals surface area contributed by atoms with Crippen molar-refractivity contribution in [2.75, 3.05) is 0 Å². The summed E-state index contributed by atoms with van der Waals surface area (Å²) in [5.41, 5.74) is 3.92. The molecular formula is C30H48O4. The molecule has 4 rings (SSSR count). The number of aliphatic carboxylic acids is 1. The van der Waals surface area contributed by atoms with Crippen molar-refractivity contribution in [1.82, 2.24) is 0 Å². The van der Waals surface area contributed by atoms with Gasteiger partial charge in [-0.1, -0.05) is 64.8 Å². The standard InChI is InChI=1S/C30H48O4/c1-17(2)18(3)8-9-20(27(33)34)22-16-23(31)26-19-10-11-24-28(4,5)25(32)13-15-29(24,6)21(19)12-14-30(22,26)7/h17,20,22-26,31-32H,3,8-16H2,1-2,4-7H3,(H,33,34)/t20-,22-,23+,24+,25-,26?,29-,30-/m1/s1. The molecular weight excluding hydrogens is 424 g/mol. The molecule has 1 unspecified atom stereocenters. The van der Waals surface area contributed by atoms with Gasteiger partial charge in [0.2, 0.25) is 0 Å². The highest BCUT2D eigenvalue weighted by molar-refractivity contribution is 5.70. The third-order valence-electron chi connectivity index (χ3n) is 11.4. The Labute approximate surface area is 206 Å². The van der Waals surface area contributed by atoms with Crippen LogP contribution < -0.4 is 0 Å². The van der Waals surface area contributed by atoms with Gasteiger partial charge in [-0.15, -0.1) is 0 Å². The quantitative estimate of drug-likeness (QED) is 0.393. The van der Waals surface area contributed by atoms with Crippen molar-refractivity contribution in [2.45, 2.75) is 112 Å². The molecule has 3 N–H and O–H groups in total. The molecule has 0 spiro atoms. The minimum atomic E-state index is -0.714. The minimum absolute atomic E-state index is 0.00541.